The summed E-state index contributed by atoms with van der Waals surface area (Å²) in [7, 11) is 2.10. The van der Waals surface area contributed by atoms with Gasteiger partial charge >= 0.3 is 0 Å². The van der Waals surface area contributed by atoms with E-state index in [4.69, 9.17) is 23.2 Å². The number of benzene rings is 1. The van der Waals surface area contributed by atoms with Crippen molar-refractivity contribution in [2.75, 3.05) is 38.1 Å². The predicted octanol–water partition coefficient (Wildman–Crippen LogP) is 1.99. The molecule has 3 rings (SSSR count). The first-order valence-corrected chi connectivity index (χ1v) is 7.35. The number of anilines is 1. The highest BCUT2D eigenvalue weighted by molar-refractivity contribution is 6.42. The van der Waals surface area contributed by atoms with Crippen LogP contribution in [0.2, 0.25) is 10.0 Å². The lowest BCUT2D eigenvalue weighted by Crippen LogP contribution is -2.45. The van der Waals surface area contributed by atoms with Gasteiger partial charge in [-0.15, -0.1) is 20.4 Å². The van der Waals surface area contributed by atoms with Crippen molar-refractivity contribution in [3.8, 4) is 11.4 Å². The molecule has 6 nitrogen and oxygen atoms in total. The summed E-state index contributed by atoms with van der Waals surface area (Å²) in [6.45, 7) is 3.73. The molecule has 1 saturated heterocycles. The number of nitrogens with zero attached hydrogens (tertiary/aromatic N) is 6. The van der Waals surface area contributed by atoms with Gasteiger partial charge in [-0.05, 0) is 25.2 Å². The van der Waals surface area contributed by atoms with Crippen LogP contribution in [0.4, 0.5) is 5.95 Å². The number of rotatable bonds is 2. The van der Waals surface area contributed by atoms with Gasteiger partial charge in [0.1, 0.15) is 0 Å². The van der Waals surface area contributed by atoms with E-state index in [1.807, 2.05) is 0 Å². The van der Waals surface area contributed by atoms with Gasteiger partial charge in [0.15, 0.2) is 0 Å². The Labute approximate surface area is 132 Å². The summed E-state index contributed by atoms with van der Waals surface area (Å²) in [6, 6.07) is 5.21. The molecule has 0 atom stereocenters. The molecular weight excluding hydrogens is 311 g/mol. The van der Waals surface area contributed by atoms with Gasteiger partial charge in [0.05, 0.1) is 10.0 Å². The van der Waals surface area contributed by atoms with E-state index in [2.05, 4.69) is 37.2 Å². The van der Waals surface area contributed by atoms with E-state index in [1.165, 1.54) is 0 Å². The summed E-state index contributed by atoms with van der Waals surface area (Å²) >= 11 is 11.9. The smallest absolute Gasteiger partial charge is 0.264 e. The zero-order chi connectivity index (χ0) is 14.8. The number of aromatic nitrogens is 4. The van der Waals surface area contributed by atoms with Crippen LogP contribution >= 0.6 is 23.2 Å². The Hall–Kier alpha value is -1.50. The second kappa shape index (κ2) is 6.09. The summed E-state index contributed by atoms with van der Waals surface area (Å²) in [4.78, 5) is 4.35. The molecule has 0 aliphatic carbocycles. The van der Waals surface area contributed by atoms with Gasteiger partial charge in [0.25, 0.3) is 5.95 Å². The molecule has 0 saturated carbocycles. The van der Waals surface area contributed by atoms with Crippen LogP contribution in [0.3, 0.4) is 0 Å². The topological polar surface area (TPSA) is 58.0 Å². The second-order valence-electron chi connectivity index (χ2n) is 4.94. The fraction of sp³-hybridized carbons (Fsp3) is 0.385. The molecule has 2 aromatic rings. The van der Waals surface area contributed by atoms with Gasteiger partial charge < -0.3 is 9.80 Å². The first kappa shape index (κ1) is 14.4. The van der Waals surface area contributed by atoms with Gasteiger partial charge in [-0.3, -0.25) is 0 Å². The van der Waals surface area contributed by atoms with E-state index in [9.17, 15) is 0 Å². The van der Waals surface area contributed by atoms with Crippen LogP contribution in [0, 0.1) is 0 Å². The molecule has 1 aromatic heterocycles. The van der Waals surface area contributed by atoms with Gasteiger partial charge in [0.2, 0.25) is 5.82 Å². The second-order valence-corrected chi connectivity index (χ2v) is 5.76. The molecule has 0 unspecified atom stereocenters. The summed E-state index contributed by atoms with van der Waals surface area (Å²) in [5, 5.41) is 17.5. The molecule has 1 aliphatic heterocycles. The van der Waals surface area contributed by atoms with E-state index >= 15 is 0 Å². The average Bonchev–Trinajstić information content (AvgIpc) is 2.51. The van der Waals surface area contributed by atoms with Crippen molar-refractivity contribution in [2.45, 2.75) is 0 Å². The summed E-state index contributed by atoms with van der Waals surface area (Å²) in [5.74, 6) is 0.998. The normalized spacial score (nSPS) is 16.2. The Kier molecular flexibility index (Phi) is 4.19. The molecule has 0 amide bonds. The van der Waals surface area contributed by atoms with Crippen molar-refractivity contribution in [3.05, 3.63) is 28.2 Å². The number of hydrogen-bond acceptors (Lipinski definition) is 6. The van der Waals surface area contributed by atoms with Gasteiger partial charge in [-0.25, -0.2) is 0 Å². The molecule has 1 fully saturated rings. The Morgan fingerprint density at radius 2 is 1.57 bits per heavy atom. The number of likely N-dealkylation sites (N-methyl/N-ethyl adjacent to an activating group) is 1. The third-order valence-electron chi connectivity index (χ3n) is 3.43. The molecular formula is C13H14Cl2N6. The lowest BCUT2D eigenvalue weighted by Gasteiger charge is -2.31. The molecule has 0 radical (unpaired) electrons. The first-order valence-electron chi connectivity index (χ1n) is 6.60. The Bertz CT molecular complexity index is 625. The fourth-order valence-electron chi connectivity index (χ4n) is 2.11. The molecule has 8 heteroatoms. The van der Waals surface area contributed by atoms with E-state index < -0.39 is 0 Å². The van der Waals surface area contributed by atoms with Crippen molar-refractivity contribution in [1.29, 1.82) is 0 Å². The molecule has 0 bridgehead atoms. The lowest BCUT2D eigenvalue weighted by atomic mass is 10.2. The molecule has 21 heavy (non-hydrogen) atoms. The SMILES string of the molecule is CN1CCN(c2nnc(-c3ccc(Cl)c(Cl)c3)nn2)CC1. The van der Waals surface area contributed by atoms with E-state index in [-0.39, 0.29) is 0 Å². The van der Waals surface area contributed by atoms with Gasteiger partial charge in [0, 0.05) is 31.7 Å². The summed E-state index contributed by atoms with van der Waals surface area (Å²) in [5.41, 5.74) is 0.745. The maximum atomic E-state index is 5.99. The van der Waals surface area contributed by atoms with E-state index in [0.717, 1.165) is 31.7 Å². The number of hydrogen-bond donors (Lipinski definition) is 0. The number of halogens is 2. The Balaban J connectivity index is 1.79. The van der Waals surface area contributed by atoms with Crippen molar-refractivity contribution in [3.63, 3.8) is 0 Å². The predicted molar refractivity (Wildman–Crippen MR) is 82.8 cm³/mol. The highest BCUT2D eigenvalue weighted by Gasteiger charge is 2.17. The standard InChI is InChI=1S/C13H14Cl2N6/c1-20-4-6-21(7-5-20)13-18-16-12(17-19-13)9-2-3-10(14)11(15)8-9/h2-3,8H,4-7H2,1H3. The van der Waals surface area contributed by atoms with Crippen molar-refractivity contribution < 1.29 is 0 Å². The third-order valence-corrected chi connectivity index (χ3v) is 4.17. The zero-order valence-electron chi connectivity index (χ0n) is 11.5. The van der Waals surface area contributed by atoms with E-state index in [0.29, 0.717) is 21.8 Å². The molecule has 0 N–H and O–H groups in total. The van der Waals surface area contributed by atoms with Crippen LogP contribution < -0.4 is 4.90 Å². The van der Waals surface area contributed by atoms with Crippen LogP contribution in [0.15, 0.2) is 18.2 Å². The minimum atomic E-state index is 0.437. The molecule has 2 heterocycles. The van der Waals surface area contributed by atoms with Crippen molar-refractivity contribution in [1.82, 2.24) is 25.3 Å². The summed E-state index contributed by atoms with van der Waals surface area (Å²) < 4.78 is 0. The van der Waals surface area contributed by atoms with Crippen LogP contribution in [0.25, 0.3) is 11.4 Å². The largest absolute Gasteiger partial charge is 0.336 e. The maximum Gasteiger partial charge on any atom is 0.264 e. The Morgan fingerprint density at radius 3 is 2.19 bits per heavy atom. The zero-order valence-corrected chi connectivity index (χ0v) is 13.0. The lowest BCUT2D eigenvalue weighted by molar-refractivity contribution is 0.310. The van der Waals surface area contributed by atoms with Crippen molar-refractivity contribution in [2.24, 2.45) is 0 Å². The first-order chi connectivity index (χ1) is 10.1. The monoisotopic (exact) mass is 324 g/mol. The fourth-order valence-corrected chi connectivity index (χ4v) is 2.41. The number of piperazine rings is 1. The molecule has 1 aromatic carbocycles. The molecule has 110 valence electrons. The minimum Gasteiger partial charge on any atom is -0.336 e. The molecule has 0 spiro atoms. The highest BCUT2D eigenvalue weighted by atomic mass is 35.5. The quantitative estimate of drug-likeness (QED) is 0.842. The highest BCUT2D eigenvalue weighted by Crippen LogP contribution is 2.26. The maximum absolute atomic E-state index is 5.99. The summed E-state index contributed by atoms with van der Waals surface area (Å²) in [6.07, 6.45) is 0. The van der Waals surface area contributed by atoms with E-state index in [1.54, 1.807) is 18.2 Å². The van der Waals surface area contributed by atoms with Crippen molar-refractivity contribution >= 4 is 29.2 Å². The van der Waals surface area contributed by atoms with Gasteiger partial charge in [-0.1, -0.05) is 23.2 Å². The third kappa shape index (κ3) is 3.23. The average molecular weight is 325 g/mol. The minimum absolute atomic E-state index is 0.437. The Morgan fingerprint density at radius 1 is 0.905 bits per heavy atom. The van der Waals surface area contributed by atoms with Crippen LogP contribution in [0.1, 0.15) is 0 Å². The van der Waals surface area contributed by atoms with Gasteiger partial charge in [-0.2, -0.15) is 0 Å². The molecule has 1 aliphatic rings. The van der Waals surface area contributed by atoms with Crippen LogP contribution in [0.5, 0.6) is 0 Å². The van der Waals surface area contributed by atoms with Crippen LogP contribution in [-0.4, -0.2) is 58.5 Å². The van der Waals surface area contributed by atoms with Crippen LogP contribution in [-0.2, 0) is 0 Å².